The Bertz CT molecular complexity index is 685. The molecule has 170 valence electrons. The zero-order valence-corrected chi connectivity index (χ0v) is 19.9. The summed E-state index contributed by atoms with van der Waals surface area (Å²) in [5.41, 5.74) is -1.41. The minimum atomic E-state index is -2.99. The van der Waals surface area contributed by atoms with Crippen molar-refractivity contribution in [2.45, 2.75) is 78.4 Å². The number of amides is 1. The van der Waals surface area contributed by atoms with E-state index in [9.17, 15) is 13.2 Å². The maximum absolute atomic E-state index is 12.8. The Hall–Kier alpha value is -1.55. The predicted molar refractivity (Wildman–Crippen MR) is 115 cm³/mol. The van der Waals surface area contributed by atoms with Crippen LogP contribution in [0.4, 0.5) is 4.79 Å². The molecule has 0 aliphatic carbocycles. The van der Waals surface area contributed by atoms with E-state index in [0.717, 1.165) is 0 Å². The van der Waals surface area contributed by atoms with Crippen LogP contribution in [0.5, 0.6) is 0 Å². The Labute approximate surface area is 175 Å². The molecular weight excluding hydrogens is 396 g/mol. The summed E-state index contributed by atoms with van der Waals surface area (Å²) in [5.74, 6) is 0.690. The van der Waals surface area contributed by atoms with Crippen LogP contribution in [-0.2, 0) is 19.3 Å². The molecule has 0 saturated carbocycles. The van der Waals surface area contributed by atoms with Gasteiger partial charge in [-0.05, 0) is 54.9 Å². The highest BCUT2D eigenvalue weighted by atomic mass is 32.2. The number of sulfone groups is 1. The largest absolute Gasteiger partial charge is 0.444 e. The van der Waals surface area contributed by atoms with Gasteiger partial charge in [0.15, 0.2) is 5.96 Å². The summed E-state index contributed by atoms with van der Waals surface area (Å²) in [4.78, 5) is 19.0. The third kappa shape index (κ3) is 8.77. The molecule has 2 unspecified atom stereocenters. The molecular formula is C19H38N4O5S. The van der Waals surface area contributed by atoms with Crippen LogP contribution in [0.15, 0.2) is 4.99 Å². The van der Waals surface area contributed by atoms with Crippen LogP contribution in [0, 0.1) is 0 Å². The first-order chi connectivity index (χ1) is 13.2. The molecule has 1 heterocycles. The summed E-state index contributed by atoms with van der Waals surface area (Å²) >= 11 is 0. The highest BCUT2D eigenvalue weighted by Crippen LogP contribution is 2.33. The van der Waals surface area contributed by atoms with Crippen LogP contribution in [0.25, 0.3) is 0 Å². The molecule has 10 heteroatoms. The van der Waals surface area contributed by atoms with Crippen LogP contribution >= 0.6 is 0 Å². The van der Waals surface area contributed by atoms with Gasteiger partial charge < -0.3 is 20.1 Å². The minimum Gasteiger partial charge on any atom is -0.444 e. The number of hydrogen-bond acceptors (Lipinski definition) is 6. The van der Waals surface area contributed by atoms with Gasteiger partial charge in [-0.15, -0.1) is 0 Å². The first kappa shape index (κ1) is 25.5. The molecule has 1 fully saturated rings. The summed E-state index contributed by atoms with van der Waals surface area (Å²) in [7, 11) is -2.99. The van der Waals surface area contributed by atoms with Gasteiger partial charge in [0.1, 0.15) is 21.2 Å². The minimum absolute atomic E-state index is 0.119. The maximum atomic E-state index is 12.8. The quantitative estimate of drug-likeness (QED) is 0.357. The van der Waals surface area contributed by atoms with Gasteiger partial charge in [-0.3, -0.25) is 9.89 Å². The van der Waals surface area contributed by atoms with E-state index >= 15 is 0 Å². The number of ether oxygens (including phenoxy) is 2. The molecule has 29 heavy (non-hydrogen) atoms. The number of nitrogens with zero attached hydrogens (tertiary/aromatic N) is 2. The number of nitrogens with one attached hydrogen (secondary N) is 2. The SMILES string of the molecule is CCNC(=NCC1C(C)OC(C)(C)N1C(=O)OC(C)(C)C)NCCCS(C)(=O)=O. The van der Waals surface area contributed by atoms with E-state index in [2.05, 4.69) is 15.6 Å². The fraction of sp³-hybridized carbons (Fsp3) is 0.895. The van der Waals surface area contributed by atoms with E-state index in [1.165, 1.54) is 6.26 Å². The summed E-state index contributed by atoms with van der Waals surface area (Å²) in [6, 6.07) is -0.286. The number of hydrogen-bond donors (Lipinski definition) is 2. The molecule has 0 spiro atoms. The molecule has 1 aliphatic rings. The first-order valence-corrected chi connectivity index (χ1v) is 12.1. The Morgan fingerprint density at radius 1 is 1.28 bits per heavy atom. The third-order valence-corrected chi connectivity index (χ3v) is 5.31. The smallest absolute Gasteiger partial charge is 0.412 e. The topological polar surface area (TPSA) is 109 Å². The Kier molecular flexibility index (Phi) is 8.76. The average Bonchev–Trinajstić information content (AvgIpc) is 2.74. The van der Waals surface area contributed by atoms with E-state index in [1.54, 1.807) is 4.90 Å². The molecule has 1 amide bonds. The van der Waals surface area contributed by atoms with Gasteiger partial charge in [0.2, 0.25) is 0 Å². The fourth-order valence-corrected chi connectivity index (χ4v) is 3.83. The Morgan fingerprint density at radius 2 is 1.90 bits per heavy atom. The Morgan fingerprint density at radius 3 is 2.41 bits per heavy atom. The second-order valence-corrected chi connectivity index (χ2v) is 11.1. The highest BCUT2D eigenvalue weighted by Gasteiger charge is 2.49. The molecule has 1 saturated heterocycles. The molecule has 0 radical (unpaired) electrons. The second-order valence-electron chi connectivity index (χ2n) is 8.82. The lowest BCUT2D eigenvalue weighted by atomic mass is 10.1. The van der Waals surface area contributed by atoms with Gasteiger partial charge in [0.25, 0.3) is 0 Å². The molecule has 0 bridgehead atoms. The number of carbonyl (C=O) groups is 1. The monoisotopic (exact) mass is 434 g/mol. The van der Waals surface area contributed by atoms with Crippen molar-refractivity contribution in [3.05, 3.63) is 0 Å². The van der Waals surface area contributed by atoms with Gasteiger partial charge in [-0.25, -0.2) is 13.2 Å². The molecule has 9 nitrogen and oxygen atoms in total. The zero-order chi connectivity index (χ0) is 22.5. The molecule has 2 atom stereocenters. The first-order valence-electron chi connectivity index (χ1n) is 10.1. The normalized spacial score (nSPS) is 22.5. The lowest BCUT2D eigenvalue weighted by Crippen LogP contribution is -2.51. The summed E-state index contributed by atoms with van der Waals surface area (Å²) in [6.45, 7) is 14.5. The lowest BCUT2D eigenvalue weighted by molar-refractivity contribution is -0.0755. The van der Waals surface area contributed by atoms with Crippen molar-refractivity contribution in [2.24, 2.45) is 4.99 Å². The molecule has 1 rings (SSSR count). The summed E-state index contributed by atoms with van der Waals surface area (Å²) in [6.07, 6.45) is 1.07. The van der Waals surface area contributed by atoms with Crippen molar-refractivity contribution in [1.82, 2.24) is 15.5 Å². The molecule has 2 N–H and O–H groups in total. The van der Waals surface area contributed by atoms with Crippen molar-refractivity contribution in [3.63, 3.8) is 0 Å². The fourth-order valence-electron chi connectivity index (χ4n) is 3.16. The number of carbonyl (C=O) groups excluding carboxylic acids is 1. The van der Waals surface area contributed by atoms with Crippen LogP contribution < -0.4 is 10.6 Å². The van der Waals surface area contributed by atoms with Crippen molar-refractivity contribution >= 4 is 21.9 Å². The number of guanidine groups is 1. The van der Waals surface area contributed by atoms with E-state index in [1.807, 2.05) is 48.5 Å². The van der Waals surface area contributed by atoms with Crippen molar-refractivity contribution < 1.29 is 22.7 Å². The van der Waals surface area contributed by atoms with Gasteiger partial charge in [-0.1, -0.05) is 0 Å². The lowest BCUT2D eigenvalue weighted by Gasteiger charge is -2.34. The second kappa shape index (κ2) is 9.97. The van der Waals surface area contributed by atoms with Crippen LogP contribution in [0.1, 0.15) is 54.9 Å². The molecule has 0 aromatic rings. The molecule has 1 aliphatic heterocycles. The summed E-state index contributed by atoms with van der Waals surface area (Å²) in [5, 5.41) is 6.27. The van der Waals surface area contributed by atoms with Crippen molar-refractivity contribution in [1.29, 1.82) is 0 Å². The van der Waals surface area contributed by atoms with Crippen LogP contribution in [0.3, 0.4) is 0 Å². The number of aliphatic imine (C=N–C) groups is 1. The van der Waals surface area contributed by atoms with E-state index in [0.29, 0.717) is 32.0 Å². The van der Waals surface area contributed by atoms with Gasteiger partial charge >= 0.3 is 6.09 Å². The van der Waals surface area contributed by atoms with E-state index in [4.69, 9.17) is 9.47 Å². The highest BCUT2D eigenvalue weighted by molar-refractivity contribution is 7.90. The van der Waals surface area contributed by atoms with Crippen LogP contribution in [-0.4, -0.2) is 80.5 Å². The Balaban J connectivity index is 2.86. The standard InChI is InChI=1S/C19H38N4O5S/c1-9-20-16(21-11-10-12-29(8,25)26)22-13-15-14(2)27-19(6,7)23(15)17(24)28-18(3,4)5/h14-15H,9-13H2,1-8H3,(H2,20,21,22). The van der Waals surface area contributed by atoms with Crippen LogP contribution in [0.2, 0.25) is 0 Å². The van der Waals surface area contributed by atoms with Gasteiger partial charge in [0.05, 0.1) is 24.4 Å². The third-order valence-electron chi connectivity index (χ3n) is 4.28. The van der Waals surface area contributed by atoms with Crippen molar-refractivity contribution in [2.75, 3.05) is 31.6 Å². The average molecular weight is 435 g/mol. The zero-order valence-electron chi connectivity index (χ0n) is 19.0. The summed E-state index contributed by atoms with van der Waals surface area (Å²) < 4.78 is 34.1. The van der Waals surface area contributed by atoms with E-state index < -0.39 is 27.3 Å². The molecule has 0 aromatic heterocycles. The van der Waals surface area contributed by atoms with Gasteiger partial charge in [0, 0.05) is 19.3 Å². The van der Waals surface area contributed by atoms with Crippen molar-refractivity contribution in [3.8, 4) is 0 Å². The molecule has 0 aromatic carbocycles. The van der Waals surface area contributed by atoms with E-state index in [-0.39, 0.29) is 17.9 Å². The van der Waals surface area contributed by atoms with Gasteiger partial charge in [-0.2, -0.15) is 0 Å². The maximum Gasteiger partial charge on any atom is 0.412 e. The predicted octanol–water partition coefficient (Wildman–Crippen LogP) is 1.74. The number of rotatable bonds is 7.